The third-order valence-electron chi connectivity index (χ3n) is 0.866. The lowest BCUT2D eigenvalue weighted by molar-refractivity contribution is 0.469. The first-order valence-electron chi connectivity index (χ1n) is 6.77. The van der Waals surface area contributed by atoms with Gasteiger partial charge in [0, 0.05) is 0 Å². The summed E-state index contributed by atoms with van der Waals surface area (Å²) in [5.74, 6) is 0.898. The van der Waals surface area contributed by atoms with Crippen molar-refractivity contribution in [1.82, 2.24) is 0 Å². The maximum Gasteiger partial charge on any atom is -0.0411 e. The van der Waals surface area contributed by atoms with Crippen molar-refractivity contribution >= 4 is 0 Å². The van der Waals surface area contributed by atoms with Gasteiger partial charge in [-0.2, -0.15) is 0 Å². The van der Waals surface area contributed by atoms with Gasteiger partial charge in [0.15, 0.2) is 0 Å². The van der Waals surface area contributed by atoms with Crippen LogP contribution in [0.1, 0.15) is 89.0 Å². The van der Waals surface area contributed by atoms with Crippen LogP contribution in [0.15, 0.2) is 0 Å². The second-order valence-corrected chi connectivity index (χ2v) is 5.18. The van der Waals surface area contributed by atoms with Gasteiger partial charge in [0.05, 0.1) is 0 Å². The van der Waals surface area contributed by atoms with E-state index in [4.69, 9.17) is 0 Å². The number of hydrogen-bond donors (Lipinski definition) is 0. The molecule has 0 aliphatic rings. The molecule has 0 aliphatic carbocycles. The van der Waals surface area contributed by atoms with Gasteiger partial charge in [-0.1, -0.05) is 89.0 Å². The Bertz CT molecular complexity index is 58.6. The molecule has 0 aromatic heterocycles. The van der Waals surface area contributed by atoms with Gasteiger partial charge in [0.25, 0.3) is 0 Å². The SMILES string of the molecule is CC.CC.CC(C)(C)C.CCCC(C)C. The van der Waals surface area contributed by atoms with Crippen molar-refractivity contribution in [3.63, 3.8) is 0 Å². The fraction of sp³-hybridized carbons (Fsp3) is 1.00. The highest BCUT2D eigenvalue weighted by Gasteiger charge is 1.95. The Morgan fingerprint density at radius 1 is 0.800 bits per heavy atom. The van der Waals surface area contributed by atoms with E-state index in [0.29, 0.717) is 5.41 Å². The van der Waals surface area contributed by atoms with E-state index in [2.05, 4.69) is 48.5 Å². The Labute approximate surface area is 101 Å². The molecule has 0 unspecified atom stereocenters. The summed E-state index contributed by atoms with van der Waals surface area (Å²) in [6, 6.07) is 0. The summed E-state index contributed by atoms with van der Waals surface area (Å²) >= 11 is 0. The molecule has 0 heteroatoms. The van der Waals surface area contributed by atoms with Gasteiger partial charge in [-0.15, -0.1) is 0 Å². The molecule has 0 bridgehead atoms. The van der Waals surface area contributed by atoms with E-state index in [1.807, 2.05) is 27.7 Å². The quantitative estimate of drug-likeness (QED) is 0.493. The smallest absolute Gasteiger partial charge is 0.0411 e. The molecule has 15 heavy (non-hydrogen) atoms. The van der Waals surface area contributed by atoms with Crippen molar-refractivity contribution in [2.45, 2.75) is 89.0 Å². The van der Waals surface area contributed by atoms with Gasteiger partial charge in [-0.25, -0.2) is 0 Å². The monoisotopic (exact) mass is 218 g/mol. The second kappa shape index (κ2) is 19.6. The predicted octanol–water partition coefficient (Wildman–Crippen LogP) is 6.55. The van der Waals surface area contributed by atoms with Gasteiger partial charge in [-0.3, -0.25) is 0 Å². The maximum absolute atomic E-state index is 2.25. The van der Waals surface area contributed by atoms with E-state index in [1.54, 1.807) is 0 Å². The summed E-state index contributed by atoms with van der Waals surface area (Å²) < 4.78 is 0. The summed E-state index contributed by atoms with van der Waals surface area (Å²) in [7, 11) is 0. The minimum atomic E-state index is 0.500. The van der Waals surface area contributed by atoms with Crippen LogP contribution in [0.3, 0.4) is 0 Å². The summed E-state index contributed by atoms with van der Waals surface area (Å²) in [6.45, 7) is 23.5. The molecule has 98 valence electrons. The van der Waals surface area contributed by atoms with Crippen LogP contribution in [-0.4, -0.2) is 0 Å². The lowest BCUT2D eigenvalue weighted by Gasteiger charge is -2.05. The number of rotatable bonds is 2. The molecule has 0 nitrogen and oxygen atoms in total. The molecule has 0 atom stereocenters. The summed E-state index contributed by atoms with van der Waals surface area (Å²) in [5.41, 5.74) is 0.500. The Morgan fingerprint density at radius 3 is 1.00 bits per heavy atom. The average Bonchev–Trinajstić information content (AvgIpc) is 2.08. The Balaban J connectivity index is -0.0000000610. The van der Waals surface area contributed by atoms with Crippen LogP contribution in [-0.2, 0) is 0 Å². The van der Waals surface area contributed by atoms with E-state index in [9.17, 15) is 0 Å². The third-order valence-corrected chi connectivity index (χ3v) is 0.866. The number of hydrogen-bond acceptors (Lipinski definition) is 0. The second-order valence-electron chi connectivity index (χ2n) is 5.18. The fourth-order valence-corrected chi connectivity index (χ4v) is 0.577. The summed E-state index contributed by atoms with van der Waals surface area (Å²) in [5, 5.41) is 0. The van der Waals surface area contributed by atoms with E-state index >= 15 is 0 Å². The van der Waals surface area contributed by atoms with Crippen molar-refractivity contribution in [2.24, 2.45) is 11.3 Å². The van der Waals surface area contributed by atoms with E-state index < -0.39 is 0 Å². The molecule has 0 aromatic carbocycles. The average molecular weight is 218 g/mol. The minimum Gasteiger partial charge on any atom is -0.0683 e. The fourth-order valence-electron chi connectivity index (χ4n) is 0.577. The standard InChI is InChI=1S/C6H14.C5H12.2C2H6/c1-4-5-6(2)3;1-5(2,3)4;2*1-2/h6H,4-5H2,1-3H3;1-4H3;2*1-2H3. The molecule has 0 rings (SSSR count). The lowest BCUT2D eigenvalue weighted by atomic mass is 10.0. The van der Waals surface area contributed by atoms with Gasteiger partial charge in [0.1, 0.15) is 0 Å². The van der Waals surface area contributed by atoms with Crippen LogP contribution < -0.4 is 0 Å². The molecular formula is C15H38. The van der Waals surface area contributed by atoms with Gasteiger partial charge >= 0.3 is 0 Å². The molecule has 0 amide bonds. The zero-order valence-corrected chi connectivity index (χ0v) is 13.5. The predicted molar refractivity (Wildman–Crippen MR) is 77.6 cm³/mol. The van der Waals surface area contributed by atoms with Crippen molar-refractivity contribution in [2.75, 3.05) is 0 Å². The van der Waals surface area contributed by atoms with Crippen LogP contribution in [0.4, 0.5) is 0 Å². The molecule has 0 fully saturated rings. The molecule has 0 saturated carbocycles. The Morgan fingerprint density at radius 2 is 1.00 bits per heavy atom. The molecule has 0 spiro atoms. The van der Waals surface area contributed by atoms with Gasteiger partial charge in [0.2, 0.25) is 0 Å². The molecule has 0 saturated heterocycles. The Hall–Kier alpha value is 0. The zero-order valence-electron chi connectivity index (χ0n) is 13.5. The maximum atomic E-state index is 2.25. The van der Waals surface area contributed by atoms with Crippen LogP contribution in [0.25, 0.3) is 0 Å². The molecular weight excluding hydrogens is 180 g/mol. The highest BCUT2D eigenvalue weighted by molar-refractivity contribution is 4.47. The Kier molecular flexibility index (Phi) is 31.7. The van der Waals surface area contributed by atoms with Crippen molar-refractivity contribution in [3.8, 4) is 0 Å². The highest BCUT2D eigenvalue weighted by Crippen LogP contribution is 2.08. The topological polar surface area (TPSA) is 0 Å². The normalized spacial score (nSPS) is 8.80. The molecule has 0 N–H and O–H groups in total. The largest absolute Gasteiger partial charge is 0.0683 e. The first-order valence-corrected chi connectivity index (χ1v) is 6.77. The van der Waals surface area contributed by atoms with Crippen molar-refractivity contribution in [1.29, 1.82) is 0 Å². The zero-order chi connectivity index (χ0) is 13.5. The molecule has 0 aliphatic heterocycles. The van der Waals surface area contributed by atoms with Gasteiger partial charge in [-0.05, 0) is 11.3 Å². The summed E-state index contributed by atoms with van der Waals surface area (Å²) in [4.78, 5) is 0. The van der Waals surface area contributed by atoms with Gasteiger partial charge < -0.3 is 0 Å². The molecule has 0 aromatic rings. The van der Waals surface area contributed by atoms with Crippen LogP contribution in [0.2, 0.25) is 0 Å². The van der Waals surface area contributed by atoms with Crippen molar-refractivity contribution < 1.29 is 0 Å². The highest BCUT2D eigenvalue weighted by atomic mass is 14.0. The molecule has 0 heterocycles. The van der Waals surface area contributed by atoms with Crippen LogP contribution in [0.5, 0.6) is 0 Å². The minimum absolute atomic E-state index is 0.500. The van der Waals surface area contributed by atoms with Crippen LogP contribution >= 0.6 is 0 Å². The van der Waals surface area contributed by atoms with E-state index in [0.717, 1.165) is 5.92 Å². The third kappa shape index (κ3) is 224. The van der Waals surface area contributed by atoms with Crippen molar-refractivity contribution in [3.05, 3.63) is 0 Å². The lowest BCUT2D eigenvalue weighted by Crippen LogP contribution is -1.93. The first-order chi connectivity index (χ1) is 6.77. The van der Waals surface area contributed by atoms with Crippen LogP contribution in [0, 0.1) is 11.3 Å². The first kappa shape index (κ1) is 24.3. The van der Waals surface area contributed by atoms with E-state index in [1.165, 1.54) is 12.8 Å². The summed E-state index contributed by atoms with van der Waals surface area (Å²) in [6.07, 6.45) is 2.71. The van der Waals surface area contributed by atoms with E-state index in [-0.39, 0.29) is 0 Å². The molecule has 0 radical (unpaired) electrons.